The number of aromatic amines is 1. The number of carbonyl (C=O) groups excluding carboxylic acids is 1. The van der Waals surface area contributed by atoms with Gasteiger partial charge in [-0.2, -0.15) is 0 Å². The van der Waals surface area contributed by atoms with Gasteiger partial charge in [-0.15, -0.1) is 0 Å². The van der Waals surface area contributed by atoms with Crippen LogP contribution >= 0.6 is 11.6 Å². The lowest BCUT2D eigenvalue weighted by atomic mass is 10.3. The molecule has 3 rings (SSSR count). The molecule has 6 heteroatoms. The average molecular weight is 262 g/mol. The molecule has 0 aliphatic carbocycles. The lowest BCUT2D eigenvalue weighted by molar-refractivity contribution is 0.102. The first kappa shape index (κ1) is 10.9. The topological polar surface area (TPSA) is 70.9 Å². The number of amides is 1. The summed E-state index contributed by atoms with van der Waals surface area (Å²) in [5.41, 5.74) is 1.91. The van der Waals surface area contributed by atoms with Gasteiger partial charge < -0.3 is 9.40 Å². The second-order valence-corrected chi connectivity index (χ2v) is 4.01. The molecule has 0 radical (unpaired) electrons. The Morgan fingerprint density at radius 2 is 2.17 bits per heavy atom. The quantitative estimate of drug-likeness (QED) is 0.745. The zero-order valence-corrected chi connectivity index (χ0v) is 9.86. The molecule has 0 atom stereocenters. The van der Waals surface area contributed by atoms with Crippen LogP contribution in [-0.4, -0.2) is 15.9 Å². The fraction of sp³-hybridized carbons (Fsp3) is 0. The Balaban J connectivity index is 1.88. The van der Waals surface area contributed by atoms with Crippen LogP contribution in [0.25, 0.3) is 11.0 Å². The molecule has 0 bridgehead atoms. The number of fused-ring (bicyclic) bond motifs is 1. The number of nitrogens with one attached hydrogen (secondary N) is 2. The van der Waals surface area contributed by atoms with Gasteiger partial charge in [-0.1, -0.05) is 12.1 Å². The Labute approximate surface area is 107 Å². The number of nitrogens with zero attached hydrogens (tertiary/aromatic N) is 1. The van der Waals surface area contributed by atoms with Crippen LogP contribution < -0.4 is 5.32 Å². The van der Waals surface area contributed by atoms with Gasteiger partial charge in [0.15, 0.2) is 0 Å². The lowest BCUT2D eigenvalue weighted by Crippen LogP contribution is -2.12. The first-order chi connectivity index (χ1) is 8.74. The number of aromatic nitrogens is 2. The molecule has 2 heterocycles. The van der Waals surface area contributed by atoms with Crippen LogP contribution in [0.1, 0.15) is 10.4 Å². The maximum atomic E-state index is 11.9. The first-order valence-corrected chi connectivity index (χ1v) is 5.61. The van der Waals surface area contributed by atoms with Crippen LogP contribution in [0.4, 0.5) is 5.95 Å². The number of anilines is 1. The third-order valence-corrected chi connectivity index (χ3v) is 2.78. The monoisotopic (exact) mass is 261 g/mol. The second-order valence-electron chi connectivity index (χ2n) is 3.66. The van der Waals surface area contributed by atoms with Gasteiger partial charge in [-0.3, -0.25) is 10.1 Å². The molecule has 2 aromatic heterocycles. The SMILES string of the molecule is O=C(Nc1nc2ccccc2[nH]1)c1ccoc1Cl. The minimum absolute atomic E-state index is 0.0589. The summed E-state index contributed by atoms with van der Waals surface area (Å²) >= 11 is 5.72. The average Bonchev–Trinajstić information content (AvgIpc) is 2.94. The molecular weight excluding hydrogens is 254 g/mol. The molecule has 1 amide bonds. The summed E-state index contributed by atoms with van der Waals surface area (Å²) < 4.78 is 4.86. The van der Waals surface area contributed by atoms with E-state index in [1.54, 1.807) is 0 Å². The first-order valence-electron chi connectivity index (χ1n) is 5.23. The number of benzene rings is 1. The number of furan rings is 1. The minimum Gasteiger partial charge on any atom is -0.452 e. The summed E-state index contributed by atoms with van der Waals surface area (Å²) in [5.74, 6) is 0.00581. The highest BCUT2D eigenvalue weighted by atomic mass is 35.5. The Morgan fingerprint density at radius 3 is 2.89 bits per heavy atom. The van der Waals surface area contributed by atoms with Crippen molar-refractivity contribution in [1.29, 1.82) is 0 Å². The van der Waals surface area contributed by atoms with E-state index in [-0.39, 0.29) is 16.7 Å². The van der Waals surface area contributed by atoms with Crippen LogP contribution in [0, 0.1) is 0 Å². The summed E-state index contributed by atoms with van der Waals surface area (Å²) in [7, 11) is 0. The van der Waals surface area contributed by atoms with Crippen molar-refractivity contribution in [3.8, 4) is 0 Å². The third-order valence-electron chi connectivity index (χ3n) is 2.48. The number of carbonyl (C=O) groups is 1. The summed E-state index contributed by atoms with van der Waals surface area (Å²) in [4.78, 5) is 19.1. The van der Waals surface area contributed by atoms with Crippen molar-refractivity contribution in [1.82, 2.24) is 9.97 Å². The van der Waals surface area contributed by atoms with E-state index in [0.717, 1.165) is 11.0 Å². The molecule has 0 fully saturated rings. The van der Waals surface area contributed by atoms with Crippen molar-refractivity contribution in [2.24, 2.45) is 0 Å². The third kappa shape index (κ3) is 1.84. The summed E-state index contributed by atoms with van der Waals surface area (Å²) in [6.45, 7) is 0. The highest BCUT2D eigenvalue weighted by molar-refractivity contribution is 6.32. The van der Waals surface area contributed by atoms with Crippen molar-refractivity contribution >= 4 is 34.5 Å². The lowest BCUT2D eigenvalue weighted by Gasteiger charge is -1.98. The molecule has 18 heavy (non-hydrogen) atoms. The number of para-hydroxylation sites is 2. The van der Waals surface area contributed by atoms with Gasteiger partial charge in [0, 0.05) is 0 Å². The molecule has 1 aromatic carbocycles. The number of hydrogen-bond acceptors (Lipinski definition) is 3. The predicted molar refractivity (Wildman–Crippen MR) is 67.8 cm³/mol. The van der Waals surface area contributed by atoms with Crippen LogP contribution in [0.3, 0.4) is 0 Å². The maximum absolute atomic E-state index is 11.9. The zero-order valence-electron chi connectivity index (χ0n) is 9.11. The van der Waals surface area contributed by atoms with Gasteiger partial charge >= 0.3 is 0 Å². The molecule has 0 aliphatic heterocycles. The highest BCUT2D eigenvalue weighted by Crippen LogP contribution is 2.19. The largest absolute Gasteiger partial charge is 0.452 e. The van der Waals surface area contributed by atoms with Gasteiger partial charge in [0.25, 0.3) is 5.91 Å². The summed E-state index contributed by atoms with van der Waals surface area (Å²) in [6.07, 6.45) is 1.36. The molecule has 5 nitrogen and oxygen atoms in total. The minimum atomic E-state index is -0.368. The van der Waals surface area contributed by atoms with Gasteiger partial charge in [0.2, 0.25) is 11.2 Å². The predicted octanol–water partition coefficient (Wildman–Crippen LogP) is 3.06. The van der Waals surface area contributed by atoms with E-state index >= 15 is 0 Å². The molecule has 0 saturated heterocycles. The van der Waals surface area contributed by atoms with Crippen molar-refractivity contribution in [2.45, 2.75) is 0 Å². The fourth-order valence-corrected chi connectivity index (χ4v) is 1.84. The second kappa shape index (κ2) is 4.19. The van der Waals surface area contributed by atoms with E-state index in [0.29, 0.717) is 5.95 Å². The maximum Gasteiger partial charge on any atom is 0.262 e. The Kier molecular flexibility index (Phi) is 2.53. The van der Waals surface area contributed by atoms with Gasteiger partial charge in [0.1, 0.15) is 0 Å². The van der Waals surface area contributed by atoms with Gasteiger partial charge in [-0.05, 0) is 29.8 Å². The number of H-pyrrole nitrogens is 1. The molecule has 0 saturated carbocycles. The number of imidazole rings is 1. The molecular formula is C12H8ClN3O2. The van der Waals surface area contributed by atoms with Gasteiger partial charge in [0.05, 0.1) is 22.9 Å². The van der Waals surface area contributed by atoms with E-state index in [1.807, 2.05) is 24.3 Å². The van der Waals surface area contributed by atoms with Crippen molar-refractivity contribution in [3.63, 3.8) is 0 Å². The smallest absolute Gasteiger partial charge is 0.262 e. The van der Waals surface area contributed by atoms with Crippen molar-refractivity contribution in [3.05, 3.63) is 47.4 Å². The van der Waals surface area contributed by atoms with Crippen molar-refractivity contribution < 1.29 is 9.21 Å². The zero-order chi connectivity index (χ0) is 12.5. The van der Waals surface area contributed by atoms with Gasteiger partial charge in [-0.25, -0.2) is 4.98 Å². The van der Waals surface area contributed by atoms with E-state index in [1.165, 1.54) is 12.3 Å². The number of hydrogen-bond donors (Lipinski definition) is 2. The number of halogens is 1. The van der Waals surface area contributed by atoms with Crippen LogP contribution in [0.15, 0.2) is 41.0 Å². The van der Waals surface area contributed by atoms with E-state index < -0.39 is 0 Å². The van der Waals surface area contributed by atoms with E-state index in [4.69, 9.17) is 16.0 Å². The van der Waals surface area contributed by atoms with E-state index in [2.05, 4.69) is 15.3 Å². The number of rotatable bonds is 2. The molecule has 0 aliphatic rings. The highest BCUT2D eigenvalue weighted by Gasteiger charge is 2.14. The van der Waals surface area contributed by atoms with Crippen LogP contribution in [0.2, 0.25) is 5.22 Å². The molecule has 0 spiro atoms. The summed E-state index contributed by atoms with van der Waals surface area (Å²) in [5, 5.41) is 2.68. The molecule has 3 aromatic rings. The van der Waals surface area contributed by atoms with E-state index in [9.17, 15) is 4.79 Å². The molecule has 90 valence electrons. The summed E-state index contributed by atoms with van der Waals surface area (Å²) in [6, 6.07) is 9.00. The Morgan fingerprint density at radius 1 is 1.33 bits per heavy atom. The standard InChI is InChI=1S/C12H8ClN3O2/c13-10-7(5-6-18-10)11(17)16-12-14-8-3-1-2-4-9(8)15-12/h1-6H,(H2,14,15,16,17). The Bertz CT molecular complexity index is 684. The normalized spacial score (nSPS) is 10.7. The fourth-order valence-electron chi connectivity index (χ4n) is 1.64. The van der Waals surface area contributed by atoms with Crippen LogP contribution in [0.5, 0.6) is 0 Å². The molecule has 2 N–H and O–H groups in total. The van der Waals surface area contributed by atoms with Crippen molar-refractivity contribution in [2.75, 3.05) is 5.32 Å². The van der Waals surface area contributed by atoms with Crippen LogP contribution in [-0.2, 0) is 0 Å². The Hall–Kier alpha value is -2.27. The molecule has 0 unspecified atom stereocenters.